The van der Waals surface area contributed by atoms with Crippen LogP contribution >= 0.6 is 0 Å². The zero-order valence-electron chi connectivity index (χ0n) is 12.6. The number of aromatic hydroxyl groups is 3. The second-order valence-electron chi connectivity index (χ2n) is 5.65. The number of aryl methyl sites for hydroxylation is 1. The van der Waals surface area contributed by atoms with Gasteiger partial charge in [-0.1, -0.05) is 5.18 Å². The van der Waals surface area contributed by atoms with Crippen LogP contribution in [0.25, 0.3) is 0 Å². The van der Waals surface area contributed by atoms with Gasteiger partial charge in [-0.3, -0.25) is 0 Å². The number of hydrogen-bond acceptors (Lipinski definition) is 8. The third kappa shape index (κ3) is 2.51. The van der Waals surface area contributed by atoms with Crippen LogP contribution in [-0.2, 0) is 6.42 Å². The van der Waals surface area contributed by atoms with Gasteiger partial charge in [0.05, 0.1) is 0 Å². The van der Waals surface area contributed by atoms with Gasteiger partial charge in [-0.15, -0.1) is 4.91 Å². The molecule has 24 heavy (non-hydrogen) atoms. The molecule has 3 N–H and O–H groups in total. The molecule has 2 atom stereocenters. The molecule has 3 rings (SSSR count). The summed E-state index contributed by atoms with van der Waals surface area (Å²) in [4.78, 5) is 22.2. The first kappa shape index (κ1) is 15.7. The molecule has 0 unspecified atom stereocenters. The molecule has 1 aliphatic heterocycles. The smallest absolute Gasteiger partial charge is 0.160 e. The van der Waals surface area contributed by atoms with Crippen LogP contribution in [0.4, 0.5) is 5.69 Å². The Balaban J connectivity index is 2.09. The Morgan fingerprint density at radius 1 is 1.12 bits per heavy atom. The van der Waals surface area contributed by atoms with Gasteiger partial charge in [0.2, 0.25) is 0 Å². The number of fused-ring (bicyclic) bond motifs is 1. The van der Waals surface area contributed by atoms with Crippen LogP contribution in [0, 0.1) is 16.7 Å². The lowest BCUT2D eigenvalue weighted by Crippen LogP contribution is -2.29. The fourth-order valence-corrected chi connectivity index (χ4v) is 2.88. The summed E-state index contributed by atoms with van der Waals surface area (Å²) in [6.45, 7) is 1.60. The van der Waals surface area contributed by atoms with E-state index in [0.717, 1.165) is 0 Å². The minimum atomic E-state index is -0.856. The molecule has 0 radical (unpaired) electrons. The summed E-state index contributed by atoms with van der Waals surface area (Å²) in [5, 5.41) is 35.0. The molecular weight excluding hydrogens is 316 g/mol. The van der Waals surface area contributed by atoms with Gasteiger partial charge in [0.25, 0.3) is 0 Å². The first-order valence-corrected chi connectivity index (χ1v) is 7.15. The Bertz CT molecular complexity index is 813. The number of nitroso groups, excluding NO2 is 2. The van der Waals surface area contributed by atoms with Gasteiger partial charge < -0.3 is 20.1 Å². The van der Waals surface area contributed by atoms with E-state index in [1.165, 1.54) is 18.2 Å². The van der Waals surface area contributed by atoms with Gasteiger partial charge in [-0.2, -0.15) is 4.91 Å². The van der Waals surface area contributed by atoms with Crippen LogP contribution in [0.3, 0.4) is 0 Å². The summed E-state index contributed by atoms with van der Waals surface area (Å²) in [6, 6.07) is 4.52. The number of nitrogens with zero attached hydrogens (tertiary/aromatic N) is 2. The van der Waals surface area contributed by atoms with Gasteiger partial charge in [0.15, 0.2) is 11.5 Å². The summed E-state index contributed by atoms with van der Waals surface area (Å²) >= 11 is 0. The van der Waals surface area contributed by atoms with Gasteiger partial charge >= 0.3 is 0 Å². The van der Waals surface area contributed by atoms with E-state index in [4.69, 9.17) is 4.74 Å². The Hall–Kier alpha value is -3.16. The molecule has 1 aliphatic rings. The fourth-order valence-electron chi connectivity index (χ4n) is 2.88. The molecule has 0 bridgehead atoms. The van der Waals surface area contributed by atoms with Crippen LogP contribution in [0.2, 0.25) is 0 Å². The highest BCUT2D eigenvalue weighted by Gasteiger charge is 2.35. The fraction of sp³-hybridized carbons (Fsp3) is 0.250. The van der Waals surface area contributed by atoms with E-state index in [9.17, 15) is 25.1 Å². The predicted molar refractivity (Wildman–Crippen MR) is 84.7 cm³/mol. The van der Waals surface area contributed by atoms with Crippen LogP contribution in [0.5, 0.6) is 23.0 Å². The average Bonchev–Trinajstić information content (AvgIpc) is 2.57. The number of phenols is 3. The Morgan fingerprint density at radius 3 is 2.50 bits per heavy atom. The quantitative estimate of drug-likeness (QED) is 0.585. The SMILES string of the molecule is Cc1cc([C@H]2Oc3cc(O)cc(N=O)c3C[C@H]2N=O)cc(O)c1O. The summed E-state index contributed by atoms with van der Waals surface area (Å²) in [5.74, 6) is -0.560. The van der Waals surface area contributed by atoms with E-state index in [2.05, 4.69) is 10.4 Å². The highest BCUT2D eigenvalue weighted by Crippen LogP contribution is 2.44. The molecule has 2 aromatic carbocycles. The van der Waals surface area contributed by atoms with Crippen molar-refractivity contribution in [2.75, 3.05) is 0 Å². The highest BCUT2D eigenvalue weighted by atomic mass is 16.5. The lowest BCUT2D eigenvalue weighted by atomic mass is 9.91. The lowest BCUT2D eigenvalue weighted by molar-refractivity contribution is 0.153. The summed E-state index contributed by atoms with van der Waals surface area (Å²) in [7, 11) is 0. The molecular formula is C16H14N2O6. The van der Waals surface area contributed by atoms with Gasteiger partial charge in [-0.05, 0) is 35.4 Å². The maximum Gasteiger partial charge on any atom is 0.160 e. The van der Waals surface area contributed by atoms with Crippen molar-refractivity contribution in [3.8, 4) is 23.0 Å². The van der Waals surface area contributed by atoms with Crippen molar-refractivity contribution in [2.24, 2.45) is 10.4 Å². The highest BCUT2D eigenvalue weighted by molar-refractivity contribution is 5.59. The van der Waals surface area contributed by atoms with Gasteiger partial charge in [0, 0.05) is 24.1 Å². The first-order chi connectivity index (χ1) is 11.4. The molecule has 2 aromatic rings. The van der Waals surface area contributed by atoms with E-state index in [1.807, 2.05) is 0 Å². The Morgan fingerprint density at radius 2 is 1.88 bits per heavy atom. The van der Waals surface area contributed by atoms with E-state index in [-0.39, 0.29) is 35.1 Å². The van der Waals surface area contributed by atoms with Crippen molar-refractivity contribution >= 4 is 5.69 Å². The monoisotopic (exact) mass is 330 g/mol. The molecule has 8 nitrogen and oxygen atoms in total. The Labute approximate surface area is 136 Å². The summed E-state index contributed by atoms with van der Waals surface area (Å²) in [5.41, 5.74) is 1.24. The molecule has 0 saturated carbocycles. The molecule has 0 amide bonds. The van der Waals surface area contributed by atoms with Crippen LogP contribution in [0.15, 0.2) is 34.6 Å². The number of hydrogen-bond donors (Lipinski definition) is 3. The maximum atomic E-state index is 11.3. The van der Waals surface area contributed by atoms with Crippen molar-refractivity contribution in [3.05, 3.63) is 50.8 Å². The van der Waals surface area contributed by atoms with E-state index in [0.29, 0.717) is 16.7 Å². The first-order valence-electron chi connectivity index (χ1n) is 7.15. The second-order valence-corrected chi connectivity index (χ2v) is 5.65. The van der Waals surface area contributed by atoms with E-state index >= 15 is 0 Å². The van der Waals surface area contributed by atoms with Crippen molar-refractivity contribution in [1.29, 1.82) is 0 Å². The predicted octanol–water partition coefficient (Wildman–Crippen LogP) is 3.32. The molecule has 0 saturated heterocycles. The number of benzene rings is 2. The van der Waals surface area contributed by atoms with Crippen molar-refractivity contribution in [2.45, 2.75) is 25.5 Å². The average molecular weight is 330 g/mol. The lowest BCUT2D eigenvalue weighted by Gasteiger charge is -2.30. The molecule has 0 aromatic heterocycles. The van der Waals surface area contributed by atoms with Crippen molar-refractivity contribution in [3.63, 3.8) is 0 Å². The molecule has 8 heteroatoms. The molecule has 0 spiro atoms. The van der Waals surface area contributed by atoms with Gasteiger partial charge in [-0.25, -0.2) is 0 Å². The molecule has 1 heterocycles. The third-order valence-corrected chi connectivity index (χ3v) is 4.05. The largest absolute Gasteiger partial charge is 0.508 e. The Kier molecular flexibility index (Phi) is 3.80. The summed E-state index contributed by atoms with van der Waals surface area (Å²) < 4.78 is 5.75. The minimum absolute atomic E-state index is 0.0122. The zero-order valence-corrected chi connectivity index (χ0v) is 12.6. The van der Waals surface area contributed by atoms with E-state index in [1.54, 1.807) is 13.0 Å². The van der Waals surface area contributed by atoms with Crippen LogP contribution in [0.1, 0.15) is 22.8 Å². The van der Waals surface area contributed by atoms with Crippen LogP contribution in [-0.4, -0.2) is 21.4 Å². The van der Waals surface area contributed by atoms with E-state index < -0.39 is 12.1 Å². The normalized spacial score (nSPS) is 19.2. The van der Waals surface area contributed by atoms with Gasteiger partial charge in [0.1, 0.15) is 29.3 Å². The van der Waals surface area contributed by atoms with Crippen molar-refractivity contribution < 1.29 is 20.1 Å². The topological polar surface area (TPSA) is 129 Å². The number of phenolic OH excluding ortho intramolecular Hbond substituents is 3. The van der Waals surface area contributed by atoms with Crippen LogP contribution < -0.4 is 4.74 Å². The molecule has 0 fully saturated rings. The third-order valence-electron chi connectivity index (χ3n) is 4.05. The second kappa shape index (κ2) is 5.80. The van der Waals surface area contributed by atoms with Crippen molar-refractivity contribution in [1.82, 2.24) is 0 Å². The number of rotatable bonds is 3. The maximum absolute atomic E-state index is 11.3. The molecule has 124 valence electrons. The molecule has 0 aliphatic carbocycles. The standard InChI is InChI=1S/C16H14N2O6/c1-7-2-8(3-13(20)15(7)21)16-12(18-23)6-10-11(17-22)4-9(19)5-14(10)24-16/h2-5,12,16,19-21H,6H2,1H3/t12-,16-/m1/s1. The minimum Gasteiger partial charge on any atom is -0.508 e. The zero-order chi connectivity index (χ0) is 17.4. The number of ether oxygens (including phenoxy) is 1. The summed E-state index contributed by atoms with van der Waals surface area (Å²) in [6.07, 6.45) is -0.729.